The van der Waals surface area contributed by atoms with Crippen LogP contribution in [0.25, 0.3) is 0 Å². The zero-order valence-corrected chi connectivity index (χ0v) is 12.0. The van der Waals surface area contributed by atoms with Crippen LogP contribution in [-0.4, -0.2) is 17.4 Å². The fourth-order valence-electron chi connectivity index (χ4n) is 1.70. The fourth-order valence-corrected chi connectivity index (χ4v) is 1.70. The number of non-ortho nitro benzene ring substituents is 1. The third kappa shape index (κ3) is 3.82. The van der Waals surface area contributed by atoms with Crippen LogP contribution in [0.3, 0.4) is 0 Å². The molecule has 11 heteroatoms. The van der Waals surface area contributed by atoms with Gasteiger partial charge in [0.1, 0.15) is 11.4 Å². The molecule has 2 aromatic carbocycles. The van der Waals surface area contributed by atoms with Crippen molar-refractivity contribution in [3.05, 3.63) is 63.5 Å². The summed E-state index contributed by atoms with van der Waals surface area (Å²) in [4.78, 5) is 21.4. The molecular formula is C14H7F5N2O4. The summed E-state index contributed by atoms with van der Waals surface area (Å²) in [7, 11) is 0. The first-order chi connectivity index (χ1) is 11.7. The van der Waals surface area contributed by atoms with Gasteiger partial charge in [0.25, 0.3) is 11.6 Å². The Balaban J connectivity index is 2.07. The van der Waals surface area contributed by atoms with Gasteiger partial charge in [0.15, 0.2) is 29.9 Å². The van der Waals surface area contributed by atoms with Crippen molar-refractivity contribution < 1.29 is 36.4 Å². The lowest BCUT2D eigenvalue weighted by atomic mass is 10.2. The maximum atomic E-state index is 13.4. The van der Waals surface area contributed by atoms with E-state index in [0.29, 0.717) is 0 Å². The van der Waals surface area contributed by atoms with E-state index in [2.05, 4.69) is 0 Å². The Morgan fingerprint density at radius 1 is 0.960 bits per heavy atom. The number of hydrogen-bond acceptors (Lipinski definition) is 4. The van der Waals surface area contributed by atoms with E-state index in [1.807, 2.05) is 0 Å². The molecule has 0 saturated heterocycles. The maximum absolute atomic E-state index is 13.4. The zero-order valence-electron chi connectivity index (χ0n) is 12.0. The van der Waals surface area contributed by atoms with Crippen molar-refractivity contribution in [2.75, 3.05) is 11.9 Å². The van der Waals surface area contributed by atoms with E-state index in [4.69, 9.17) is 4.74 Å². The van der Waals surface area contributed by atoms with Crippen molar-refractivity contribution in [2.45, 2.75) is 0 Å². The van der Waals surface area contributed by atoms with Gasteiger partial charge in [-0.3, -0.25) is 14.9 Å². The largest absolute Gasteiger partial charge is 0.484 e. The van der Waals surface area contributed by atoms with Gasteiger partial charge in [-0.1, -0.05) is 0 Å². The molecule has 0 atom stereocenters. The van der Waals surface area contributed by atoms with Crippen LogP contribution >= 0.6 is 0 Å². The first-order valence-electron chi connectivity index (χ1n) is 6.41. The topological polar surface area (TPSA) is 81.5 Å². The molecule has 132 valence electrons. The Bertz CT molecular complexity index is 813. The molecule has 0 unspecified atom stereocenters. The molecular weight excluding hydrogens is 355 g/mol. The van der Waals surface area contributed by atoms with Gasteiger partial charge in [-0.25, -0.2) is 22.0 Å². The third-order valence-electron chi connectivity index (χ3n) is 2.89. The number of nitrogens with one attached hydrogen (secondary N) is 1. The molecule has 0 saturated carbocycles. The molecule has 0 spiro atoms. The first kappa shape index (κ1) is 18.1. The van der Waals surface area contributed by atoms with Gasteiger partial charge in [0, 0.05) is 12.1 Å². The van der Waals surface area contributed by atoms with Crippen LogP contribution in [-0.2, 0) is 4.79 Å². The molecule has 0 heterocycles. The summed E-state index contributed by atoms with van der Waals surface area (Å²) < 4.78 is 70.6. The number of hydrogen-bond donors (Lipinski definition) is 1. The van der Waals surface area contributed by atoms with Crippen LogP contribution in [0.5, 0.6) is 5.75 Å². The molecule has 2 aromatic rings. The van der Waals surface area contributed by atoms with E-state index in [0.717, 1.165) is 24.3 Å². The molecule has 1 amide bonds. The first-order valence-corrected chi connectivity index (χ1v) is 6.41. The van der Waals surface area contributed by atoms with Crippen LogP contribution in [0.15, 0.2) is 24.3 Å². The average molecular weight is 362 g/mol. The number of halogens is 5. The van der Waals surface area contributed by atoms with Crippen LogP contribution in [0.2, 0.25) is 0 Å². The summed E-state index contributed by atoms with van der Waals surface area (Å²) in [6.07, 6.45) is 0. The summed E-state index contributed by atoms with van der Waals surface area (Å²) in [5, 5.41) is 12.0. The lowest BCUT2D eigenvalue weighted by Gasteiger charge is -2.10. The van der Waals surface area contributed by atoms with Crippen molar-refractivity contribution >= 4 is 17.3 Å². The van der Waals surface area contributed by atoms with Crippen molar-refractivity contribution in [3.8, 4) is 5.75 Å². The summed E-state index contributed by atoms with van der Waals surface area (Å²) in [6.45, 7) is -0.836. The quantitative estimate of drug-likeness (QED) is 0.291. The van der Waals surface area contributed by atoms with E-state index < -0.39 is 52.2 Å². The molecule has 0 bridgehead atoms. The van der Waals surface area contributed by atoms with E-state index in [1.54, 1.807) is 0 Å². The minimum atomic E-state index is -2.35. The summed E-state index contributed by atoms with van der Waals surface area (Å²) in [5.41, 5.74) is -1.74. The minimum absolute atomic E-state index is 0.0122. The second-order valence-corrected chi connectivity index (χ2v) is 4.53. The number of ether oxygens (including phenoxy) is 1. The Morgan fingerprint density at radius 3 is 1.92 bits per heavy atom. The van der Waals surface area contributed by atoms with Gasteiger partial charge < -0.3 is 10.1 Å². The van der Waals surface area contributed by atoms with Gasteiger partial charge in [-0.15, -0.1) is 0 Å². The molecule has 0 aliphatic heterocycles. The Hall–Kier alpha value is -3.24. The Kier molecular flexibility index (Phi) is 5.15. The summed E-state index contributed by atoms with van der Waals surface area (Å²) in [6, 6.07) is 4.47. The standard InChI is InChI=1S/C14H7F5N2O4/c15-9-10(16)12(18)14(13(19)11(9)17)20-8(22)5-25-7-3-1-6(2-4-7)21(23)24/h1-4H,5H2,(H,20,22). The lowest BCUT2D eigenvalue weighted by Crippen LogP contribution is -2.22. The zero-order chi connectivity index (χ0) is 18.7. The highest BCUT2D eigenvalue weighted by Crippen LogP contribution is 2.27. The predicted molar refractivity (Wildman–Crippen MR) is 73.5 cm³/mol. The average Bonchev–Trinajstić information content (AvgIpc) is 2.60. The predicted octanol–water partition coefficient (Wildman–Crippen LogP) is 3.31. The molecule has 0 fully saturated rings. The van der Waals surface area contributed by atoms with Crippen molar-refractivity contribution in [1.29, 1.82) is 0 Å². The van der Waals surface area contributed by atoms with Crippen LogP contribution in [0, 0.1) is 39.2 Å². The minimum Gasteiger partial charge on any atom is -0.484 e. The van der Waals surface area contributed by atoms with Gasteiger partial charge in [-0.05, 0) is 12.1 Å². The molecule has 2 rings (SSSR count). The molecule has 0 aromatic heterocycles. The second kappa shape index (κ2) is 7.11. The Labute approximate surface area is 136 Å². The number of anilines is 1. The van der Waals surface area contributed by atoms with Crippen LogP contribution in [0.1, 0.15) is 0 Å². The number of rotatable bonds is 5. The van der Waals surface area contributed by atoms with Gasteiger partial charge in [0.2, 0.25) is 5.82 Å². The van der Waals surface area contributed by atoms with Crippen molar-refractivity contribution in [3.63, 3.8) is 0 Å². The van der Waals surface area contributed by atoms with Gasteiger partial charge >= 0.3 is 0 Å². The fraction of sp³-hybridized carbons (Fsp3) is 0.0714. The van der Waals surface area contributed by atoms with E-state index >= 15 is 0 Å². The number of carbonyl (C=O) groups excluding carboxylic acids is 1. The van der Waals surface area contributed by atoms with Gasteiger partial charge in [0.05, 0.1) is 4.92 Å². The normalized spacial score (nSPS) is 10.4. The second-order valence-electron chi connectivity index (χ2n) is 4.53. The van der Waals surface area contributed by atoms with E-state index in [-0.39, 0.29) is 11.4 Å². The summed E-state index contributed by atoms with van der Waals surface area (Å²) in [5.74, 6) is -12.3. The molecule has 0 aliphatic carbocycles. The van der Waals surface area contributed by atoms with Crippen LogP contribution in [0.4, 0.5) is 33.3 Å². The lowest BCUT2D eigenvalue weighted by molar-refractivity contribution is -0.384. The number of nitrogens with zero attached hydrogens (tertiary/aromatic N) is 1. The summed E-state index contributed by atoms with van der Waals surface area (Å²) >= 11 is 0. The van der Waals surface area contributed by atoms with E-state index in [9.17, 15) is 36.9 Å². The molecule has 25 heavy (non-hydrogen) atoms. The monoisotopic (exact) mass is 362 g/mol. The highest BCUT2D eigenvalue weighted by molar-refractivity contribution is 5.92. The highest BCUT2D eigenvalue weighted by atomic mass is 19.2. The number of carbonyl (C=O) groups is 1. The number of nitro groups is 1. The molecule has 1 N–H and O–H groups in total. The third-order valence-corrected chi connectivity index (χ3v) is 2.89. The number of nitro benzene ring substituents is 1. The highest BCUT2D eigenvalue weighted by Gasteiger charge is 2.26. The van der Waals surface area contributed by atoms with Crippen molar-refractivity contribution in [1.82, 2.24) is 0 Å². The SMILES string of the molecule is O=C(COc1ccc([N+](=O)[O-])cc1)Nc1c(F)c(F)c(F)c(F)c1F. The number of amides is 1. The smallest absolute Gasteiger partial charge is 0.269 e. The number of benzene rings is 2. The Morgan fingerprint density at radius 2 is 1.44 bits per heavy atom. The van der Waals surface area contributed by atoms with Crippen molar-refractivity contribution in [2.24, 2.45) is 0 Å². The van der Waals surface area contributed by atoms with Gasteiger partial charge in [-0.2, -0.15) is 0 Å². The molecule has 6 nitrogen and oxygen atoms in total. The van der Waals surface area contributed by atoms with Crippen LogP contribution < -0.4 is 10.1 Å². The maximum Gasteiger partial charge on any atom is 0.269 e. The molecule has 0 radical (unpaired) electrons. The van der Waals surface area contributed by atoms with E-state index in [1.165, 1.54) is 5.32 Å². The molecule has 0 aliphatic rings.